The number of aromatic amines is 1. The maximum Gasteiger partial charge on any atom is 0.469 e. The fourth-order valence-electron chi connectivity index (χ4n) is 2.36. The number of hydrogen-bond donors (Lipinski definition) is 6. The predicted molar refractivity (Wildman–Crippen MR) is 80.1 cm³/mol. The van der Waals surface area contributed by atoms with Crippen molar-refractivity contribution in [3.05, 3.63) is 16.7 Å². The zero-order chi connectivity index (χ0) is 16.8. The topological polar surface area (TPSA) is 221 Å². The Balaban J connectivity index is 0.00000208. The number of rotatable bonds is 4. The van der Waals surface area contributed by atoms with Gasteiger partial charge in [-0.1, -0.05) is 0 Å². The summed E-state index contributed by atoms with van der Waals surface area (Å²) in [6.07, 6.45) is -1.26. The van der Waals surface area contributed by atoms with Crippen LogP contribution in [0, 0.1) is 0 Å². The molecule has 9 N–H and O–H groups in total. The Hall–Kier alpha value is -1.86. The van der Waals surface area contributed by atoms with Crippen LogP contribution in [0.2, 0.25) is 0 Å². The summed E-state index contributed by atoms with van der Waals surface area (Å²) >= 11 is 0. The van der Waals surface area contributed by atoms with Gasteiger partial charge in [-0.25, -0.2) is 9.55 Å². The number of phosphoric acid groups is 1. The highest BCUT2D eigenvalue weighted by atomic mass is 31.2. The summed E-state index contributed by atoms with van der Waals surface area (Å²) in [6.45, 7) is -0.481. The number of anilines is 1. The first-order valence-corrected chi connectivity index (χ1v) is 8.03. The minimum Gasteiger partial charge on any atom is -0.390 e. The number of fused-ring (bicyclic) bond motifs is 1. The van der Waals surface area contributed by atoms with Gasteiger partial charge in [0.25, 0.3) is 5.56 Å². The van der Waals surface area contributed by atoms with Crippen LogP contribution in [-0.2, 0) is 13.8 Å². The number of nitrogens with one attached hydrogen (secondary N) is 1. The molecule has 1 saturated heterocycles. The van der Waals surface area contributed by atoms with Crippen molar-refractivity contribution in [2.75, 3.05) is 12.3 Å². The van der Waals surface area contributed by atoms with Crippen molar-refractivity contribution in [2.24, 2.45) is 0 Å². The van der Waals surface area contributed by atoms with Gasteiger partial charge in [-0.2, -0.15) is 4.98 Å². The number of nitrogen functional groups attached to an aromatic ring is 1. The monoisotopic (exact) mass is 364 g/mol. The van der Waals surface area contributed by atoms with Crippen LogP contribution >= 0.6 is 7.82 Å². The molecule has 134 valence electrons. The summed E-state index contributed by atoms with van der Waals surface area (Å²) < 4.78 is 22.0. The van der Waals surface area contributed by atoms with E-state index in [-0.39, 0.29) is 29.7 Å². The van der Waals surface area contributed by atoms with Crippen molar-refractivity contribution in [3.8, 4) is 0 Å². The van der Waals surface area contributed by atoms with Gasteiger partial charge in [0.05, 0.1) is 19.0 Å². The molecule has 14 heteroatoms. The Morgan fingerprint density at radius 2 is 2.25 bits per heavy atom. The van der Waals surface area contributed by atoms with E-state index in [1.54, 1.807) is 0 Å². The fourth-order valence-corrected chi connectivity index (χ4v) is 2.70. The van der Waals surface area contributed by atoms with E-state index in [0.29, 0.717) is 0 Å². The van der Waals surface area contributed by atoms with Crippen molar-refractivity contribution in [1.29, 1.82) is 0 Å². The van der Waals surface area contributed by atoms with E-state index in [1.165, 1.54) is 10.9 Å². The van der Waals surface area contributed by atoms with Crippen LogP contribution in [0.15, 0.2) is 11.1 Å². The second-order valence-corrected chi connectivity index (χ2v) is 6.23. The maximum absolute atomic E-state index is 11.7. The van der Waals surface area contributed by atoms with Crippen LogP contribution < -0.4 is 17.4 Å². The third kappa shape index (κ3) is 3.62. The molecule has 2 aromatic rings. The molecule has 13 nitrogen and oxygen atoms in total. The molecular weight excluding hydrogens is 347 g/mol. The van der Waals surface area contributed by atoms with E-state index in [1.807, 2.05) is 0 Å². The molecule has 1 aliphatic rings. The SMILES string of the molecule is N.Nc1nc2c(ncn2C2C[C@H](O)[C@@H](COP(=O)(O)O)O2)c(=O)[nH]1. The number of nitrogens with zero attached hydrogens (tertiary/aromatic N) is 3. The molecule has 0 spiro atoms. The molecule has 0 aromatic carbocycles. The minimum atomic E-state index is -4.66. The molecule has 0 amide bonds. The van der Waals surface area contributed by atoms with E-state index < -0.39 is 38.4 Å². The Morgan fingerprint density at radius 1 is 1.54 bits per heavy atom. The highest BCUT2D eigenvalue weighted by Crippen LogP contribution is 2.38. The van der Waals surface area contributed by atoms with E-state index in [2.05, 4.69) is 19.5 Å². The Bertz CT molecular complexity index is 831. The van der Waals surface area contributed by atoms with Crippen LogP contribution in [0.5, 0.6) is 0 Å². The molecule has 1 aliphatic heterocycles. The van der Waals surface area contributed by atoms with Crippen LogP contribution in [0.3, 0.4) is 0 Å². The first-order valence-electron chi connectivity index (χ1n) is 6.50. The highest BCUT2D eigenvalue weighted by Gasteiger charge is 2.37. The van der Waals surface area contributed by atoms with E-state index in [9.17, 15) is 14.5 Å². The normalized spacial score (nSPS) is 24.2. The minimum absolute atomic E-state index is 0. The Morgan fingerprint density at radius 3 is 2.92 bits per heavy atom. The smallest absolute Gasteiger partial charge is 0.390 e. The molecule has 0 saturated carbocycles. The summed E-state index contributed by atoms with van der Waals surface area (Å²) in [5.74, 6) is -0.0934. The van der Waals surface area contributed by atoms with Gasteiger partial charge in [0.1, 0.15) is 12.3 Å². The molecule has 1 unspecified atom stereocenters. The maximum atomic E-state index is 11.7. The molecular formula is C10H17N6O7P. The fraction of sp³-hybridized carbons (Fsp3) is 0.500. The summed E-state index contributed by atoms with van der Waals surface area (Å²) in [5, 5.41) is 9.93. The summed E-state index contributed by atoms with van der Waals surface area (Å²) in [5.41, 5.74) is 5.23. The molecule has 0 aliphatic carbocycles. The van der Waals surface area contributed by atoms with Crippen molar-refractivity contribution in [1.82, 2.24) is 25.7 Å². The lowest BCUT2D eigenvalue weighted by molar-refractivity contribution is -0.0424. The predicted octanol–water partition coefficient (Wildman–Crippen LogP) is -1.38. The second-order valence-electron chi connectivity index (χ2n) is 4.99. The molecule has 3 atom stereocenters. The van der Waals surface area contributed by atoms with Crippen molar-refractivity contribution in [3.63, 3.8) is 0 Å². The number of hydrogen-bond acceptors (Lipinski definition) is 9. The number of H-pyrrole nitrogens is 1. The van der Waals surface area contributed by atoms with Crippen molar-refractivity contribution < 1.29 is 28.7 Å². The van der Waals surface area contributed by atoms with Gasteiger partial charge >= 0.3 is 7.82 Å². The van der Waals surface area contributed by atoms with Crippen LogP contribution in [0.25, 0.3) is 11.2 Å². The number of phosphoric ester groups is 1. The molecule has 3 rings (SSSR count). The number of aromatic nitrogens is 4. The van der Waals surface area contributed by atoms with Gasteiger partial charge in [0.15, 0.2) is 11.2 Å². The van der Waals surface area contributed by atoms with Gasteiger partial charge in [-0.3, -0.25) is 18.9 Å². The average Bonchev–Trinajstić information content (AvgIpc) is 2.99. The zero-order valence-corrected chi connectivity index (χ0v) is 13.2. The lowest BCUT2D eigenvalue weighted by atomic mass is 10.2. The number of imidazole rings is 1. The lowest BCUT2D eigenvalue weighted by Gasteiger charge is -2.16. The van der Waals surface area contributed by atoms with E-state index >= 15 is 0 Å². The van der Waals surface area contributed by atoms with E-state index in [0.717, 1.165) is 0 Å². The molecule has 0 bridgehead atoms. The zero-order valence-electron chi connectivity index (χ0n) is 12.3. The first kappa shape index (κ1) is 18.5. The Kier molecular flexibility index (Phi) is 5.05. The summed E-state index contributed by atoms with van der Waals surface area (Å²) in [7, 11) is -4.66. The van der Waals surface area contributed by atoms with Gasteiger partial charge in [0.2, 0.25) is 5.95 Å². The van der Waals surface area contributed by atoms with Gasteiger partial charge < -0.3 is 31.5 Å². The van der Waals surface area contributed by atoms with Crippen LogP contribution in [0.4, 0.5) is 5.95 Å². The number of aliphatic hydroxyl groups is 1. The van der Waals surface area contributed by atoms with Crippen molar-refractivity contribution in [2.45, 2.75) is 24.9 Å². The third-order valence-corrected chi connectivity index (χ3v) is 3.86. The Labute approximate surface area is 134 Å². The largest absolute Gasteiger partial charge is 0.469 e. The first-order chi connectivity index (χ1) is 10.7. The van der Waals surface area contributed by atoms with Crippen LogP contribution in [0.1, 0.15) is 12.6 Å². The number of aliphatic hydroxyl groups excluding tert-OH is 1. The molecule has 3 heterocycles. The standard InChI is InChI=1S/C10H14N5O7P.H3N/c11-10-13-8-7(9(17)14-10)12-3-15(8)6-1-4(16)5(22-6)2-21-23(18,19)20;/h3-6,16H,1-2H2,(H2,18,19,20)(H3,11,13,14,17);1H3/t4-,5+,6?;/m0./s1. The number of nitrogens with two attached hydrogens (primary N) is 1. The quantitative estimate of drug-likeness (QED) is 0.347. The summed E-state index contributed by atoms with van der Waals surface area (Å²) in [4.78, 5) is 39.3. The van der Waals surface area contributed by atoms with Gasteiger partial charge in [0, 0.05) is 6.42 Å². The average molecular weight is 364 g/mol. The van der Waals surface area contributed by atoms with Gasteiger partial charge in [-0.15, -0.1) is 0 Å². The lowest BCUT2D eigenvalue weighted by Crippen LogP contribution is -2.25. The van der Waals surface area contributed by atoms with E-state index in [4.69, 9.17) is 20.3 Å². The number of ether oxygens (including phenoxy) is 1. The van der Waals surface area contributed by atoms with Crippen LogP contribution in [-0.4, -0.2) is 53.2 Å². The highest BCUT2D eigenvalue weighted by molar-refractivity contribution is 7.46. The second kappa shape index (κ2) is 6.57. The molecule has 2 aromatic heterocycles. The third-order valence-electron chi connectivity index (χ3n) is 3.37. The molecule has 0 radical (unpaired) electrons. The molecule has 24 heavy (non-hydrogen) atoms. The summed E-state index contributed by atoms with van der Waals surface area (Å²) in [6, 6.07) is 0. The molecule has 1 fully saturated rings. The van der Waals surface area contributed by atoms with Crippen molar-refractivity contribution >= 4 is 24.9 Å². The van der Waals surface area contributed by atoms with Gasteiger partial charge in [-0.05, 0) is 0 Å².